The van der Waals surface area contributed by atoms with Gasteiger partial charge >= 0.3 is 6.01 Å². The number of anilines is 2. The number of nitrogens with one attached hydrogen (secondary N) is 2. The van der Waals surface area contributed by atoms with E-state index in [9.17, 15) is 9.18 Å². The number of ether oxygens (including phenoxy) is 1. The summed E-state index contributed by atoms with van der Waals surface area (Å²) < 4.78 is 25.0. The zero-order valence-corrected chi connectivity index (χ0v) is 19.7. The summed E-state index contributed by atoms with van der Waals surface area (Å²) in [6.07, 6.45) is 0.957. The van der Waals surface area contributed by atoms with Crippen LogP contribution in [0.3, 0.4) is 0 Å². The SMILES string of the molecule is CCN(CC)CCCNc1nnc(-c2ccc(NC(=O)c3ccccc3F)cc2OC)o1.Cl. The largest absolute Gasteiger partial charge is 0.496 e. The molecule has 0 aliphatic heterocycles. The van der Waals surface area contributed by atoms with Crippen LogP contribution in [0.25, 0.3) is 11.5 Å². The van der Waals surface area contributed by atoms with Crippen LogP contribution in [0.1, 0.15) is 30.6 Å². The third-order valence-corrected chi connectivity index (χ3v) is 5.06. The van der Waals surface area contributed by atoms with Crippen molar-refractivity contribution in [1.29, 1.82) is 0 Å². The van der Waals surface area contributed by atoms with Gasteiger partial charge in [0, 0.05) is 18.3 Å². The van der Waals surface area contributed by atoms with E-state index in [-0.39, 0.29) is 18.0 Å². The Hall–Kier alpha value is -3.17. The van der Waals surface area contributed by atoms with Gasteiger partial charge in [-0.15, -0.1) is 17.5 Å². The van der Waals surface area contributed by atoms with E-state index in [1.54, 1.807) is 24.3 Å². The van der Waals surface area contributed by atoms with Crippen LogP contribution in [0, 0.1) is 5.82 Å². The number of halogens is 2. The van der Waals surface area contributed by atoms with Crippen molar-refractivity contribution < 1.29 is 18.3 Å². The lowest BCUT2D eigenvalue weighted by molar-refractivity contribution is 0.102. The number of nitrogens with zero attached hydrogens (tertiary/aromatic N) is 3. The van der Waals surface area contributed by atoms with Crippen LogP contribution in [-0.2, 0) is 0 Å². The van der Waals surface area contributed by atoms with Gasteiger partial charge in [-0.25, -0.2) is 4.39 Å². The van der Waals surface area contributed by atoms with Crippen LogP contribution in [0.4, 0.5) is 16.1 Å². The van der Waals surface area contributed by atoms with Gasteiger partial charge in [0.1, 0.15) is 11.6 Å². The molecule has 0 spiro atoms. The van der Waals surface area contributed by atoms with Gasteiger partial charge in [0.15, 0.2) is 0 Å². The summed E-state index contributed by atoms with van der Waals surface area (Å²) in [4.78, 5) is 14.7. The smallest absolute Gasteiger partial charge is 0.315 e. The summed E-state index contributed by atoms with van der Waals surface area (Å²) in [5, 5.41) is 13.9. The van der Waals surface area contributed by atoms with E-state index >= 15 is 0 Å². The Labute approximate surface area is 198 Å². The zero-order chi connectivity index (χ0) is 22.9. The molecular formula is C23H29ClFN5O3. The van der Waals surface area contributed by atoms with Gasteiger partial charge in [0.25, 0.3) is 11.8 Å². The fraction of sp³-hybridized carbons (Fsp3) is 0.348. The Balaban J connectivity index is 0.00000385. The van der Waals surface area contributed by atoms with Crippen LogP contribution in [0.15, 0.2) is 46.9 Å². The molecule has 178 valence electrons. The lowest BCUT2D eigenvalue weighted by atomic mass is 10.1. The average molecular weight is 478 g/mol. The van der Waals surface area contributed by atoms with E-state index in [0.717, 1.165) is 32.6 Å². The highest BCUT2D eigenvalue weighted by molar-refractivity contribution is 6.04. The Morgan fingerprint density at radius 2 is 1.91 bits per heavy atom. The molecule has 2 N–H and O–H groups in total. The fourth-order valence-corrected chi connectivity index (χ4v) is 3.23. The van der Waals surface area contributed by atoms with E-state index in [1.165, 1.54) is 25.3 Å². The maximum atomic E-state index is 13.8. The topological polar surface area (TPSA) is 92.5 Å². The van der Waals surface area contributed by atoms with Crippen LogP contribution in [0.2, 0.25) is 0 Å². The van der Waals surface area contributed by atoms with E-state index in [2.05, 4.69) is 39.6 Å². The van der Waals surface area contributed by atoms with Crippen molar-refractivity contribution in [2.24, 2.45) is 0 Å². The minimum Gasteiger partial charge on any atom is -0.496 e. The highest BCUT2D eigenvalue weighted by Gasteiger charge is 2.16. The lowest BCUT2D eigenvalue weighted by Crippen LogP contribution is -2.25. The first-order valence-corrected chi connectivity index (χ1v) is 10.6. The van der Waals surface area contributed by atoms with Crippen LogP contribution in [-0.4, -0.2) is 54.3 Å². The van der Waals surface area contributed by atoms with Gasteiger partial charge in [-0.2, -0.15) is 0 Å². The first-order chi connectivity index (χ1) is 15.5. The molecule has 0 bridgehead atoms. The Morgan fingerprint density at radius 1 is 1.15 bits per heavy atom. The maximum absolute atomic E-state index is 13.8. The molecule has 2 aromatic carbocycles. The number of hydrogen-bond acceptors (Lipinski definition) is 7. The molecule has 0 aliphatic carbocycles. The predicted molar refractivity (Wildman–Crippen MR) is 129 cm³/mol. The predicted octanol–water partition coefficient (Wildman–Crippen LogP) is 4.70. The van der Waals surface area contributed by atoms with Gasteiger partial charge in [-0.1, -0.05) is 31.1 Å². The quantitative estimate of drug-likeness (QED) is 0.386. The summed E-state index contributed by atoms with van der Waals surface area (Å²) in [6.45, 7) is 8.05. The Morgan fingerprint density at radius 3 is 2.61 bits per heavy atom. The molecule has 0 atom stereocenters. The third-order valence-electron chi connectivity index (χ3n) is 5.06. The minimum atomic E-state index is -0.587. The van der Waals surface area contributed by atoms with Crippen LogP contribution in [0.5, 0.6) is 5.75 Å². The number of amides is 1. The zero-order valence-electron chi connectivity index (χ0n) is 18.9. The van der Waals surface area contributed by atoms with Gasteiger partial charge in [0.2, 0.25) is 0 Å². The highest BCUT2D eigenvalue weighted by atomic mass is 35.5. The number of hydrogen-bond donors (Lipinski definition) is 2. The molecule has 0 radical (unpaired) electrons. The molecule has 1 heterocycles. The van der Waals surface area contributed by atoms with Crippen molar-refractivity contribution >= 4 is 30.0 Å². The van der Waals surface area contributed by atoms with Crippen molar-refractivity contribution in [2.75, 3.05) is 43.9 Å². The Bertz CT molecular complexity index is 1040. The second-order valence-corrected chi connectivity index (χ2v) is 7.07. The molecule has 0 fully saturated rings. The van der Waals surface area contributed by atoms with E-state index in [0.29, 0.717) is 28.9 Å². The number of aromatic nitrogens is 2. The van der Waals surface area contributed by atoms with Gasteiger partial charge < -0.3 is 24.7 Å². The molecule has 0 saturated carbocycles. The number of carbonyl (C=O) groups excluding carboxylic acids is 1. The molecule has 33 heavy (non-hydrogen) atoms. The summed E-state index contributed by atoms with van der Waals surface area (Å²) in [6, 6.07) is 11.1. The van der Waals surface area contributed by atoms with Crippen molar-refractivity contribution in [3.8, 4) is 17.2 Å². The summed E-state index contributed by atoms with van der Waals surface area (Å²) >= 11 is 0. The van der Waals surface area contributed by atoms with Gasteiger partial charge in [-0.3, -0.25) is 4.79 Å². The Kier molecular flexibility index (Phi) is 10.1. The van der Waals surface area contributed by atoms with Crippen LogP contribution < -0.4 is 15.4 Å². The number of methoxy groups -OCH3 is 1. The summed E-state index contributed by atoms with van der Waals surface area (Å²) in [5.74, 6) is -0.406. The molecular weight excluding hydrogens is 449 g/mol. The van der Waals surface area contributed by atoms with Crippen molar-refractivity contribution in [2.45, 2.75) is 20.3 Å². The second kappa shape index (κ2) is 12.8. The number of benzene rings is 2. The number of rotatable bonds is 11. The normalized spacial score (nSPS) is 10.6. The fourth-order valence-electron chi connectivity index (χ4n) is 3.23. The van der Waals surface area contributed by atoms with E-state index in [4.69, 9.17) is 9.15 Å². The van der Waals surface area contributed by atoms with E-state index < -0.39 is 11.7 Å². The maximum Gasteiger partial charge on any atom is 0.315 e. The van der Waals surface area contributed by atoms with Crippen molar-refractivity contribution in [3.63, 3.8) is 0 Å². The molecule has 0 aliphatic rings. The molecule has 0 saturated heterocycles. The summed E-state index contributed by atoms with van der Waals surface area (Å²) in [7, 11) is 1.50. The standard InChI is InChI=1S/C23H28FN5O3.ClH/c1-4-29(5-2)14-8-13-25-23-28-27-22(32-23)18-12-11-16(15-20(18)31-3)26-21(30)17-9-6-7-10-19(17)24;/h6-7,9-12,15H,4-5,8,13-14H2,1-3H3,(H,25,28)(H,26,30);1H. The van der Waals surface area contributed by atoms with Crippen LogP contribution >= 0.6 is 12.4 Å². The lowest BCUT2D eigenvalue weighted by Gasteiger charge is -2.17. The van der Waals surface area contributed by atoms with E-state index in [1.807, 2.05) is 0 Å². The highest BCUT2D eigenvalue weighted by Crippen LogP contribution is 2.32. The van der Waals surface area contributed by atoms with Crippen molar-refractivity contribution in [1.82, 2.24) is 15.1 Å². The molecule has 3 aromatic rings. The summed E-state index contributed by atoms with van der Waals surface area (Å²) in [5.41, 5.74) is 0.998. The molecule has 1 amide bonds. The minimum absolute atomic E-state index is 0. The number of carbonyl (C=O) groups is 1. The van der Waals surface area contributed by atoms with Gasteiger partial charge in [-0.05, 0) is 50.3 Å². The molecule has 8 nitrogen and oxygen atoms in total. The monoisotopic (exact) mass is 477 g/mol. The molecule has 10 heteroatoms. The average Bonchev–Trinajstić information content (AvgIpc) is 3.28. The molecule has 3 rings (SSSR count). The first kappa shape index (κ1) is 26.1. The molecule has 1 aromatic heterocycles. The third kappa shape index (κ3) is 6.90. The molecule has 0 unspecified atom stereocenters. The second-order valence-electron chi connectivity index (χ2n) is 7.07. The first-order valence-electron chi connectivity index (χ1n) is 10.6. The van der Waals surface area contributed by atoms with Crippen molar-refractivity contribution in [3.05, 3.63) is 53.8 Å². The van der Waals surface area contributed by atoms with Gasteiger partial charge in [0.05, 0.1) is 18.2 Å².